The molecule has 1 rings (SSSR count). The number of nitro groups is 1. The van der Waals surface area contributed by atoms with E-state index in [9.17, 15) is 14.9 Å². The number of hydrogen-bond donors (Lipinski definition) is 2. The Morgan fingerprint density at radius 2 is 2.15 bits per heavy atom. The third-order valence-corrected chi connectivity index (χ3v) is 3.14. The maximum atomic E-state index is 11.1. The van der Waals surface area contributed by atoms with Crippen LogP contribution in [0.5, 0.6) is 0 Å². The summed E-state index contributed by atoms with van der Waals surface area (Å²) in [6, 6.07) is 3.47. The van der Waals surface area contributed by atoms with Crippen LogP contribution in [0.2, 0.25) is 5.02 Å². The highest BCUT2D eigenvalue weighted by Gasteiger charge is 2.19. The van der Waals surface area contributed by atoms with Crippen molar-refractivity contribution in [3.63, 3.8) is 0 Å². The highest BCUT2D eigenvalue weighted by molar-refractivity contribution is 6.31. The van der Waals surface area contributed by atoms with Crippen LogP contribution in [-0.4, -0.2) is 22.0 Å². The third kappa shape index (κ3) is 4.79. The number of nitrogens with zero attached hydrogens (tertiary/aromatic N) is 1. The highest BCUT2D eigenvalue weighted by Crippen LogP contribution is 2.22. The first-order valence-electron chi connectivity index (χ1n) is 6.20. The Hall–Kier alpha value is -1.66. The number of hydrogen-bond acceptors (Lipinski definition) is 4. The molecular formula is C13H17ClN2O4. The minimum absolute atomic E-state index is 0.0873. The first-order valence-corrected chi connectivity index (χ1v) is 6.58. The monoisotopic (exact) mass is 300 g/mol. The van der Waals surface area contributed by atoms with Gasteiger partial charge in [0.15, 0.2) is 0 Å². The molecule has 0 saturated heterocycles. The van der Waals surface area contributed by atoms with Crippen molar-refractivity contribution < 1.29 is 14.8 Å². The second kappa shape index (κ2) is 7.21. The van der Waals surface area contributed by atoms with Crippen molar-refractivity contribution in [2.45, 2.75) is 32.9 Å². The number of nitrogens with one attached hydrogen (secondary N) is 1. The molecule has 0 aliphatic heterocycles. The van der Waals surface area contributed by atoms with Crippen molar-refractivity contribution in [2.24, 2.45) is 5.92 Å². The average Bonchev–Trinajstić information content (AvgIpc) is 2.34. The normalized spacial score (nSPS) is 12.4. The fraction of sp³-hybridized carbons (Fsp3) is 0.462. The van der Waals surface area contributed by atoms with E-state index in [2.05, 4.69) is 5.32 Å². The van der Waals surface area contributed by atoms with Crippen LogP contribution in [0.4, 0.5) is 5.69 Å². The number of nitro benzene ring substituents is 1. The van der Waals surface area contributed by atoms with Gasteiger partial charge in [-0.15, -0.1) is 0 Å². The summed E-state index contributed by atoms with van der Waals surface area (Å²) in [6.07, 6.45) is 0.500. The van der Waals surface area contributed by atoms with Gasteiger partial charge in [0.05, 0.1) is 9.95 Å². The summed E-state index contributed by atoms with van der Waals surface area (Å²) < 4.78 is 0. The van der Waals surface area contributed by atoms with E-state index in [1.807, 2.05) is 13.8 Å². The van der Waals surface area contributed by atoms with E-state index in [1.165, 1.54) is 18.2 Å². The van der Waals surface area contributed by atoms with Crippen molar-refractivity contribution in [3.05, 3.63) is 38.9 Å². The van der Waals surface area contributed by atoms with Gasteiger partial charge in [0.25, 0.3) is 5.69 Å². The molecule has 0 aliphatic rings. The maximum absolute atomic E-state index is 11.1. The number of carbonyl (C=O) groups is 1. The molecule has 2 N–H and O–H groups in total. The van der Waals surface area contributed by atoms with Crippen molar-refractivity contribution >= 4 is 23.3 Å². The minimum Gasteiger partial charge on any atom is -0.480 e. The van der Waals surface area contributed by atoms with E-state index in [1.54, 1.807) is 0 Å². The summed E-state index contributed by atoms with van der Waals surface area (Å²) >= 11 is 5.95. The Morgan fingerprint density at radius 3 is 2.60 bits per heavy atom. The Labute approximate surface area is 121 Å². The van der Waals surface area contributed by atoms with Gasteiger partial charge in [-0.3, -0.25) is 14.9 Å². The lowest BCUT2D eigenvalue weighted by molar-refractivity contribution is -0.384. The smallest absolute Gasteiger partial charge is 0.320 e. The van der Waals surface area contributed by atoms with E-state index in [-0.39, 0.29) is 23.2 Å². The molecule has 0 radical (unpaired) electrons. The number of carboxylic acids is 1. The van der Waals surface area contributed by atoms with Crippen molar-refractivity contribution in [3.8, 4) is 0 Å². The van der Waals surface area contributed by atoms with E-state index in [0.29, 0.717) is 12.0 Å². The SMILES string of the molecule is CC(C)C[C@@H](NCc1ccc([N+](=O)[O-])cc1Cl)C(=O)O. The van der Waals surface area contributed by atoms with Crippen LogP contribution in [0.25, 0.3) is 0 Å². The van der Waals surface area contributed by atoms with Gasteiger partial charge in [-0.2, -0.15) is 0 Å². The average molecular weight is 301 g/mol. The fourth-order valence-electron chi connectivity index (χ4n) is 1.77. The van der Waals surface area contributed by atoms with Gasteiger partial charge in [-0.05, 0) is 24.0 Å². The van der Waals surface area contributed by atoms with E-state index < -0.39 is 16.9 Å². The lowest BCUT2D eigenvalue weighted by Crippen LogP contribution is -2.37. The number of benzene rings is 1. The zero-order valence-electron chi connectivity index (χ0n) is 11.3. The molecule has 0 fully saturated rings. The van der Waals surface area contributed by atoms with Gasteiger partial charge in [-0.25, -0.2) is 0 Å². The molecule has 1 atom stereocenters. The molecule has 20 heavy (non-hydrogen) atoms. The Kier molecular flexibility index (Phi) is 5.91. The molecule has 1 aromatic carbocycles. The van der Waals surface area contributed by atoms with Crippen LogP contribution in [0.1, 0.15) is 25.8 Å². The summed E-state index contributed by atoms with van der Waals surface area (Å²) in [7, 11) is 0. The van der Waals surface area contributed by atoms with Crippen molar-refractivity contribution in [1.29, 1.82) is 0 Å². The zero-order chi connectivity index (χ0) is 15.3. The third-order valence-electron chi connectivity index (χ3n) is 2.79. The van der Waals surface area contributed by atoms with Crippen LogP contribution in [0.15, 0.2) is 18.2 Å². The fourth-order valence-corrected chi connectivity index (χ4v) is 2.01. The summed E-state index contributed by atoms with van der Waals surface area (Å²) in [5.74, 6) is -0.673. The first-order chi connectivity index (χ1) is 9.31. The largest absolute Gasteiger partial charge is 0.480 e. The summed E-state index contributed by atoms with van der Waals surface area (Å²) in [5, 5.41) is 22.8. The minimum atomic E-state index is -0.920. The van der Waals surface area contributed by atoms with Gasteiger partial charge >= 0.3 is 5.97 Å². The second-order valence-electron chi connectivity index (χ2n) is 4.93. The number of carboxylic acid groups (broad SMARTS) is 1. The maximum Gasteiger partial charge on any atom is 0.320 e. The standard InChI is InChI=1S/C13H17ClN2O4/c1-8(2)5-12(13(17)18)15-7-9-3-4-10(16(19)20)6-11(9)14/h3-4,6,8,12,15H,5,7H2,1-2H3,(H,17,18)/t12-/m1/s1. The molecule has 0 spiro atoms. The van der Waals surface area contributed by atoms with E-state index in [0.717, 1.165) is 0 Å². The summed E-state index contributed by atoms with van der Waals surface area (Å²) in [5.41, 5.74) is 0.544. The number of non-ortho nitro benzene ring substituents is 1. The summed E-state index contributed by atoms with van der Waals surface area (Å²) in [6.45, 7) is 4.13. The van der Waals surface area contributed by atoms with Gasteiger partial charge in [0.2, 0.25) is 0 Å². The molecular weight excluding hydrogens is 284 g/mol. The van der Waals surface area contributed by atoms with Crippen molar-refractivity contribution in [2.75, 3.05) is 0 Å². The van der Waals surface area contributed by atoms with Gasteiger partial charge < -0.3 is 10.4 Å². The number of aliphatic carboxylic acids is 1. The molecule has 0 aliphatic carbocycles. The highest BCUT2D eigenvalue weighted by atomic mass is 35.5. The van der Waals surface area contributed by atoms with Crippen LogP contribution < -0.4 is 5.32 Å². The number of halogens is 1. The van der Waals surface area contributed by atoms with Crippen LogP contribution in [0, 0.1) is 16.0 Å². The quantitative estimate of drug-likeness (QED) is 0.596. The lowest BCUT2D eigenvalue weighted by Gasteiger charge is -2.16. The molecule has 0 bridgehead atoms. The molecule has 1 aromatic rings. The van der Waals surface area contributed by atoms with E-state index in [4.69, 9.17) is 16.7 Å². The second-order valence-corrected chi connectivity index (χ2v) is 5.34. The van der Waals surface area contributed by atoms with Crippen LogP contribution >= 0.6 is 11.6 Å². The molecule has 0 saturated carbocycles. The van der Waals surface area contributed by atoms with Crippen LogP contribution in [0.3, 0.4) is 0 Å². The first kappa shape index (κ1) is 16.4. The Morgan fingerprint density at radius 1 is 1.50 bits per heavy atom. The molecule has 0 amide bonds. The lowest BCUT2D eigenvalue weighted by atomic mass is 10.0. The molecule has 0 aromatic heterocycles. The Bertz CT molecular complexity index is 505. The predicted octanol–water partition coefficient (Wildman–Crippen LogP) is 2.84. The predicted molar refractivity (Wildman–Crippen MR) is 75.8 cm³/mol. The molecule has 6 nitrogen and oxygen atoms in total. The topological polar surface area (TPSA) is 92.5 Å². The van der Waals surface area contributed by atoms with Gasteiger partial charge in [-0.1, -0.05) is 25.4 Å². The molecule has 7 heteroatoms. The molecule has 0 unspecified atom stereocenters. The molecule has 0 heterocycles. The van der Waals surface area contributed by atoms with E-state index >= 15 is 0 Å². The zero-order valence-corrected chi connectivity index (χ0v) is 12.1. The van der Waals surface area contributed by atoms with Gasteiger partial charge in [0.1, 0.15) is 6.04 Å². The summed E-state index contributed by atoms with van der Waals surface area (Å²) in [4.78, 5) is 21.2. The Balaban J connectivity index is 2.73. The van der Waals surface area contributed by atoms with Gasteiger partial charge in [0, 0.05) is 18.7 Å². The number of rotatable bonds is 7. The molecule has 110 valence electrons. The van der Waals surface area contributed by atoms with Crippen LogP contribution in [-0.2, 0) is 11.3 Å². The van der Waals surface area contributed by atoms with Crippen molar-refractivity contribution in [1.82, 2.24) is 5.32 Å².